The minimum atomic E-state index is -1.51. The number of carbonyl (C=O) groups excluding carboxylic acids is 2. The van der Waals surface area contributed by atoms with Gasteiger partial charge in [0.2, 0.25) is 0 Å². The lowest BCUT2D eigenvalue weighted by Gasteiger charge is -2.25. The summed E-state index contributed by atoms with van der Waals surface area (Å²) in [5.41, 5.74) is 0. The first-order valence-corrected chi connectivity index (χ1v) is 32.0. The van der Waals surface area contributed by atoms with Gasteiger partial charge in [-0.15, -0.1) is 0 Å². The number of ether oxygens (including phenoxy) is 4. The molecule has 0 fully saturated rings. The monoisotopic (exact) mass is 1050 g/mol. The number of rotatable bonds is 60. The molecule has 0 heterocycles. The molecule has 0 aromatic rings. The molecule has 74 heavy (non-hydrogen) atoms. The maximum absolute atomic E-state index is 12.9. The first-order chi connectivity index (χ1) is 36.1. The number of esters is 2. The Kier molecular flexibility index (Phi) is 55.2. The normalized spacial score (nSPS) is 12.8. The molecule has 9 nitrogen and oxygen atoms in total. The van der Waals surface area contributed by atoms with Crippen molar-refractivity contribution in [1.82, 2.24) is 0 Å². The van der Waals surface area contributed by atoms with Crippen molar-refractivity contribution in [2.45, 2.75) is 328 Å². The predicted molar refractivity (Wildman–Crippen MR) is 314 cm³/mol. The van der Waals surface area contributed by atoms with E-state index in [0.717, 1.165) is 51.4 Å². The van der Waals surface area contributed by atoms with Crippen molar-refractivity contribution in [2.75, 3.05) is 47.5 Å². The van der Waals surface area contributed by atoms with E-state index < -0.39 is 18.4 Å². The first kappa shape index (κ1) is 71.8. The number of aliphatic carboxylic acids is 1. The number of likely N-dealkylation sites (N-methyl/N-ethyl adjacent to an activating group) is 1. The van der Waals surface area contributed by atoms with Gasteiger partial charge in [-0.1, -0.05) is 263 Å². The highest BCUT2D eigenvalue weighted by Gasteiger charge is 2.25. The molecule has 0 rings (SSSR count). The lowest BCUT2D eigenvalue weighted by atomic mass is 10.0. The van der Waals surface area contributed by atoms with Crippen molar-refractivity contribution in [3.05, 3.63) is 24.3 Å². The summed E-state index contributed by atoms with van der Waals surface area (Å²) in [6.45, 7) is 4.91. The van der Waals surface area contributed by atoms with Crippen LogP contribution in [0.3, 0.4) is 0 Å². The summed E-state index contributed by atoms with van der Waals surface area (Å²) in [5.74, 6) is -1.99. The molecule has 436 valence electrons. The molecule has 0 aliphatic heterocycles. The van der Waals surface area contributed by atoms with E-state index in [-0.39, 0.29) is 38.2 Å². The van der Waals surface area contributed by atoms with E-state index in [1.807, 2.05) is 21.1 Å². The minimum Gasteiger partial charge on any atom is -0.477 e. The van der Waals surface area contributed by atoms with Crippen LogP contribution < -0.4 is 0 Å². The fraction of sp³-hybridized carbons (Fsp3) is 0.892. The standard InChI is InChI=1S/C65H123NO8/c1-6-8-10-12-14-16-18-20-22-24-25-26-27-28-29-30-31-32-33-34-35-36-37-38-39-40-42-44-46-48-50-52-54-56-63(68)74-61(60-73-65(64(69)70)71-58-57-66(3,4)5)59-72-62(67)55-53-51-49-47-45-43-41-23-21-19-17-15-13-11-9-7-2/h23-25,41,61,65H,6-22,26-40,42-60H2,1-5H3/p+1/b25-24-,41-23-. The van der Waals surface area contributed by atoms with Crippen LogP contribution in [0.1, 0.15) is 316 Å². The molecule has 0 bridgehead atoms. The highest BCUT2D eigenvalue weighted by Crippen LogP contribution is 2.18. The fourth-order valence-corrected chi connectivity index (χ4v) is 9.48. The Labute approximate surface area is 458 Å². The van der Waals surface area contributed by atoms with Crippen LogP contribution >= 0.6 is 0 Å². The van der Waals surface area contributed by atoms with Crippen molar-refractivity contribution >= 4 is 17.9 Å². The molecule has 9 heteroatoms. The van der Waals surface area contributed by atoms with E-state index in [0.29, 0.717) is 17.4 Å². The third-order valence-electron chi connectivity index (χ3n) is 14.4. The molecule has 0 amide bonds. The van der Waals surface area contributed by atoms with E-state index in [2.05, 4.69) is 38.2 Å². The summed E-state index contributed by atoms with van der Waals surface area (Å²) < 4.78 is 22.9. The fourth-order valence-electron chi connectivity index (χ4n) is 9.48. The van der Waals surface area contributed by atoms with Gasteiger partial charge in [0.1, 0.15) is 13.2 Å². The highest BCUT2D eigenvalue weighted by atomic mass is 16.7. The number of quaternary nitrogens is 1. The molecule has 0 aliphatic carbocycles. The zero-order valence-corrected chi connectivity index (χ0v) is 49.8. The van der Waals surface area contributed by atoms with Gasteiger partial charge in [0.15, 0.2) is 6.10 Å². The molecule has 2 atom stereocenters. The second-order valence-electron chi connectivity index (χ2n) is 23.1. The van der Waals surface area contributed by atoms with E-state index in [1.165, 1.54) is 238 Å². The topological polar surface area (TPSA) is 108 Å². The number of carbonyl (C=O) groups is 3. The number of carboxylic acids is 1. The molecule has 0 aliphatic rings. The molecule has 0 spiro atoms. The number of carboxylic acid groups (broad SMARTS) is 1. The van der Waals surface area contributed by atoms with Crippen molar-refractivity contribution in [1.29, 1.82) is 0 Å². The van der Waals surface area contributed by atoms with Gasteiger partial charge in [-0.2, -0.15) is 0 Å². The molecule has 0 aromatic heterocycles. The van der Waals surface area contributed by atoms with Crippen LogP contribution in [0.4, 0.5) is 0 Å². The van der Waals surface area contributed by atoms with Crippen LogP contribution in [0.2, 0.25) is 0 Å². The van der Waals surface area contributed by atoms with Crippen LogP contribution in [0, 0.1) is 0 Å². The smallest absolute Gasteiger partial charge is 0.361 e. The summed E-state index contributed by atoms with van der Waals surface area (Å²) in [6.07, 6.45) is 65.7. The van der Waals surface area contributed by atoms with Gasteiger partial charge < -0.3 is 28.5 Å². The predicted octanol–water partition coefficient (Wildman–Crippen LogP) is 19.1. The Morgan fingerprint density at radius 3 is 1.00 bits per heavy atom. The Morgan fingerprint density at radius 1 is 0.392 bits per heavy atom. The Bertz CT molecular complexity index is 1260. The number of hydrogen-bond donors (Lipinski definition) is 1. The van der Waals surface area contributed by atoms with Gasteiger partial charge >= 0.3 is 17.9 Å². The summed E-state index contributed by atoms with van der Waals surface area (Å²) in [7, 11) is 5.98. The van der Waals surface area contributed by atoms with Crippen molar-refractivity contribution in [3.8, 4) is 0 Å². The van der Waals surface area contributed by atoms with Crippen LogP contribution in [-0.2, 0) is 33.3 Å². The van der Waals surface area contributed by atoms with Gasteiger partial charge in [-0.05, 0) is 64.2 Å². The molecule has 0 radical (unpaired) electrons. The van der Waals surface area contributed by atoms with Crippen molar-refractivity contribution < 1.29 is 42.9 Å². The van der Waals surface area contributed by atoms with Gasteiger partial charge in [-0.25, -0.2) is 4.79 Å². The van der Waals surface area contributed by atoms with Gasteiger partial charge in [0.05, 0.1) is 34.4 Å². The molecule has 2 unspecified atom stereocenters. The molecular weight excluding hydrogens is 923 g/mol. The first-order valence-electron chi connectivity index (χ1n) is 32.0. The molecule has 1 N–H and O–H groups in total. The summed E-state index contributed by atoms with van der Waals surface area (Å²) >= 11 is 0. The zero-order valence-electron chi connectivity index (χ0n) is 49.8. The maximum Gasteiger partial charge on any atom is 0.361 e. The molecule has 0 aromatic carbocycles. The zero-order chi connectivity index (χ0) is 54.1. The molecule has 0 saturated carbocycles. The van der Waals surface area contributed by atoms with Crippen LogP contribution in [0.5, 0.6) is 0 Å². The van der Waals surface area contributed by atoms with E-state index in [1.54, 1.807) is 0 Å². The SMILES string of the molecule is CCCCCCCCC/C=C\CCCCCCCC(=O)OCC(COC(OCC[N+](C)(C)C)C(=O)O)OC(=O)CCCCCCCCCCCCCCCCCCCCCCC/C=C\CCCCCCCCCC. The summed E-state index contributed by atoms with van der Waals surface area (Å²) in [5, 5.41) is 9.71. The Hall–Kier alpha value is -2.23. The third kappa shape index (κ3) is 57.5. The summed E-state index contributed by atoms with van der Waals surface area (Å²) in [6, 6.07) is 0. The second kappa shape index (κ2) is 57.0. The average Bonchev–Trinajstić information content (AvgIpc) is 3.37. The van der Waals surface area contributed by atoms with Crippen LogP contribution in [0.25, 0.3) is 0 Å². The van der Waals surface area contributed by atoms with E-state index >= 15 is 0 Å². The lowest BCUT2D eigenvalue weighted by Crippen LogP contribution is -2.40. The Morgan fingerprint density at radius 2 is 0.689 bits per heavy atom. The second-order valence-corrected chi connectivity index (χ2v) is 23.1. The number of hydrogen-bond acceptors (Lipinski definition) is 7. The quantitative estimate of drug-likeness (QED) is 0.0211. The molecular formula is C65H124NO8+. The van der Waals surface area contributed by atoms with Crippen molar-refractivity contribution in [3.63, 3.8) is 0 Å². The van der Waals surface area contributed by atoms with Crippen LogP contribution in [-0.4, -0.2) is 87.4 Å². The van der Waals surface area contributed by atoms with Gasteiger partial charge in [-0.3, -0.25) is 9.59 Å². The largest absolute Gasteiger partial charge is 0.477 e. The van der Waals surface area contributed by atoms with Gasteiger partial charge in [0, 0.05) is 12.8 Å². The third-order valence-corrected chi connectivity index (χ3v) is 14.4. The maximum atomic E-state index is 12.9. The lowest BCUT2D eigenvalue weighted by molar-refractivity contribution is -0.870. The van der Waals surface area contributed by atoms with E-state index in [4.69, 9.17) is 18.9 Å². The summed E-state index contributed by atoms with van der Waals surface area (Å²) in [4.78, 5) is 37.4. The molecule has 0 saturated heterocycles. The average molecular weight is 1050 g/mol. The van der Waals surface area contributed by atoms with Crippen molar-refractivity contribution in [2.24, 2.45) is 0 Å². The van der Waals surface area contributed by atoms with Gasteiger partial charge in [0.25, 0.3) is 6.29 Å². The van der Waals surface area contributed by atoms with Crippen LogP contribution in [0.15, 0.2) is 24.3 Å². The van der Waals surface area contributed by atoms with E-state index in [9.17, 15) is 19.5 Å². The number of allylic oxidation sites excluding steroid dienone is 4. The minimum absolute atomic E-state index is 0.181. The number of nitrogens with zero attached hydrogens (tertiary/aromatic N) is 1. The highest BCUT2D eigenvalue weighted by molar-refractivity contribution is 5.71. The Balaban J connectivity index is 4.05. The number of unbranched alkanes of at least 4 members (excludes halogenated alkanes) is 41.